The van der Waals surface area contributed by atoms with E-state index in [-0.39, 0.29) is 22.6 Å². The first kappa shape index (κ1) is 28.6. The SMILES string of the molecule is O=C(NN=C(C(=NNC(=O)c1ccc(O)c([N+](=O)[O-])c1)c1ccccc1)c1ccccc1)c1ccc(O)c([N+](=O)[O-])c1. The zero-order valence-electron chi connectivity index (χ0n) is 21.4. The monoisotopic (exact) mass is 568 g/mol. The minimum absolute atomic E-state index is 0.0837. The van der Waals surface area contributed by atoms with Crippen LogP contribution in [0.2, 0.25) is 0 Å². The number of phenols is 2. The zero-order valence-corrected chi connectivity index (χ0v) is 21.4. The Hall–Kier alpha value is -6.44. The summed E-state index contributed by atoms with van der Waals surface area (Å²) in [4.78, 5) is 46.5. The number of nitrogens with one attached hydrogen (secondary N) is 2. The predicted octanol–water partition coefficient (Wildman–Crippen LogP) is 3.88. The van der Waals surface area contributed by atoms with Crippen LogP contribution < -0.4 is 10.9 Å². The van der Waals surface area contributed by atoms with Crippen LogP contribution in [-0.4, -0.2) is 43.3 Å². The molecule has 14 heteroatoms. The Labute approximate surface area is 236 Å². The van der Waals surface area contributed by atoms with Crippen molar-refractivity contribution in [1.29, 1.82) is 0 Å². The van der Waals surface area contributed by atoms with Gasteiger partial charge in [-0.2, -0.15) is 10.2 Å². The van der Waals surface area contributed by atoms with E-state index >= 15 is 0 Å². The summed E-state index contributed by atoms with van der Waals surface area (Å²) in [5.74, 6) is -2.89. The second kappa shape index (κ2) is 12.6. The number of hydrazone groups is 2. The van der Waals surface area contributed by atoms with Crippen LogP contribution in [0.1, 0.15) is 31.8 Å². The van der Waals surface area contributed by atoms with E-state index in [1.54, 1.807) is 60.7 Å². The molecule has 0 bridgehead atoms. The van der Waals surface area contributed by atoms with Gasteiger partial charge in [0.15, 0.2) is 11.5 Å². The third-order valence-electron chi connectivity index (χ3n) is 5.73. The first-order valence-corrected chi connectivity index (χ1v) is 12.0. The minimum Gasteiger partial charge on any atom is -0.502 e. The molecule has 210 valence electrons. The molecule has 0 heterocycles. The van der Waals surface area contributed by atoms with Crippen LogP contribution in [0.15, 0.2) is 107 Å². The number of rotatable bonds is 9. The highest BCUT2D eigenvalue weighted by Gasteiger charge is 2.21. The number of amides is 2. The molecule has 4 aromatic rings. The molecular formula is C28H20N6O8. The highest BCUT2D eigenvalue weighted by atomic mass is 16.6. The lowest BCUT2D eigenvalue weighted by Gasteiger charge is -2.12. The van der Waals surface area contributed by atoms with Crippen LogP contribution >= 0.6 is 0 Å². The fraction of sp³-hybridized carbons (Fsp3) is 0. The van der Waals surface area contributed by atoms with Gasteiger partial charge in [-0.3, -0.25) is 29.8 Å². The van der Waals surface area contributed by atoms with Gasteiger partial charge in [-0.1, -0.05) is 60.7 Å². The molecule has 0 aliphatic heterocycles. The third-order valence-corrected chi connectivity index (χ3v) is 5.73. The maximum atomic E-state index is 12.9. The van der Waals surface area contributed by atoms with Gasteiger partial charge in [0.05, 0.1) is 9.85 Å². The molecule has 4 rings (SSSR count). The molecule has 0 spiro atoms. The Balaban J connectivity index is 1.75. The van der Waals surface area contributed by atoms with Crippen LogP contribution in [-0.2, 0) is 0 Å². The number of nitro groups is 2. The minimum atomic E-state index is -0.837. The molecule has 2 amide bonds. The molecule has 0 radical (unpaired) electrons. The van der Waals surface area contributed by atoms with Crippen LogP contribution in [0.4, 0.5) is 11.4 Å². The Morgan fingerprint density at radius 2 is 0.929 bits per heavy atom. The van der Waals surface area contributed by atoms with Crippen molar-refractivity contribution in [2.75, 3.05) is 0 Å². The summed E-state index contributed by atoms with van der Waals surface area (Å²) in [6.45, 7) is 0. The van der Waals surface area contributed by atoms with E-state index in [1.165, 1.54) is 12.1 Å². The lowest BCUT2D eigenvalue weighted by atomic mass is 10.00. The Bertz CT molecular complexity index is 1610. The number of carbonyl (C=O) groups excluding carboxylic acids is 2. The molecule has 14 nitrogen and oxygen atoms in total. The molecule has 0 atom stereocenters. The molecule has 0 saturated heterocycles. The van der Waals surface area contributed by atoms with Crippen LogP contribution in [0.5, 0.6) is 11.5 Å². The number of aromatic hydroxyl groups is 2. The maximum Gasteiger partial charge on any atom is 0.311 e. The van der Waals surface area contributed by atoms with E-state index in [0.29, 0.717) is 11.1 Å². The summed E-state index contributed by atoms with van der Waals surface area (Å²) in [5.41, 5.74) is 4.10. The molecule has 4 N–H and O–H groups in total. The topological polar surface area (TPSA) is 210 Å². The van der Waals surface area contributed by atoms with Crippen molar-refractivity contribution >= 4 is 34.6 Å². The summed E-state index contributed by atoms with van der Waals surface area (Å²) >= 11 is 0. The van der Waals surface area contributed by atoms with Gasteiger partial charge in [-0.25, -0.2) is 10.9 Å². The van der Waals surface area contributed by atoms with E-state index in [4.69, 9.17) is 0 Å². The number of phenolic OH excluding ortho intramolecular Hbond substituents is 2. The maximum absolute atomic E-state index is 12.9. The van der Waals surface area contributed by atoms with Gasteiger partial charge in [0, 0.05) is 34.4 Å². The normalized spacial score (nSPS) is 11.4. The average molecular weight is 569 g/mol. The smallest absolute Gasteiger partial charge is 0.311 e. The molecule has 4 aromatic carbocycles. The predicted molar refractivity (Wildman–Crippen MR) is 150 cm³/mol. The van der Waals surface area contributed by atoms with Crippen molar-refractivity contribution in [3.05, 3.63) is 140 Å². The van der Waals surface area contributed by atoms with E-state index in [9.17, 15) is 40.0 Å². The summed E-state index contributed by atoms with van der Waals surface area (Å²) in [5, 5.41) is 50.2. The second-order valence-corrected chi connectivity index (χ2v) is 8.46. The number of hydrogen-bond donors (Lipinski definition) is 4. The standard InChI is InChI=1S/C28H20N6O8/c35-23-13-11-19(15-21(23)33(39)40)27(37)31-29-25(17-7-3-1-4-8-17)26(18-9-5-2-6-10-18)30-32-28(38)20-12-14-24(36)22(16-20)34(41)42/h1-16,35-36H,(H,31,37)(H,32,38). The first-order chi connectivity index (χ1) is 20.2. The Kier molecular flexibility index (Phi) is 8.58. The molecule has 42 heavy (non-hydrogen) atoms. The van der Waals surface area contributed by atoms with Gasteiger partial charge in [0.25, 0.3) is 11.8 Å². The van der Waals surface area contributed by atoms with Gasteiger partial charge in [0.1, 0.15) is 11.4 Å². The van der Waals surface area contributed by atoms with Crippen molar-refractivity contribution in [3.8, 4) is 11.5 Å². The van der Waals surface area contributed by atoms with Crippen molar-refractivity contribution in [3.63, 3.8) is 0 Å². The van der Waals surface area contributed by atoms with E-state index in [1.807, 2.05) is 0 Å². The second-order valence-electron chi connectivity index (χ2n) is 8.46. The van der Waals surface area contributed by atoms with Gasteiger partial charge in [-0.05, 0) is 24.3 Å². The molecule has 0 aliphatic carbocycles. The summed E-state index contributed by atoms with van der Waals surface area (Å²) in [6.07, 6.45) is 0. The number of benzene rings is 4. The van der Waals surface area contributed by atoms with Gasteiger partial charge < -0.3 is 10.2 Å². The molecule has 0 saturated carbocycles. The molecule has 0 aliphatic rings. The van der Waals surface area contributed by atoms with Crippen molar-refractivity contribution in [1.82, 2.24) is 10.9 Å². The van der Waals surface area contributed by atoms with Crippen LogP contribution in [0.3, 0.4) is 0 Å². The van der Waals surface area contributed by atoms with E-state index in [2.05, 4.69) is 21.1 Å². The largest absolute Gasteiger partial charge is 0.502 e. The Morgan fingerprint density at radius 1 is 0.571 bits per heavy atom. The summed E-state index contributed by atoms with van der Waals surface area (Å²) in [7, 11) is 0. The first-order valence-electron chi connectivity index (χ1n) is 12.0. The van der Waals surface area contributed by atoms with Crippen molar-refractivity contribution < 1.29 is 29.6 Å². The van der Waals surface area contributed by atoms with Crippen LogP contribution in [0.25, 0.3) is 0 Å². The number of hydrogen-bond acceptors (Lipinski definition) is 10. The number of carbonyl (C=O) groups is 2. The molecule has 0 unspecified atom stereocenters. The van der Waals surface area contributed by atoms with Gasteiger partial charge in [0.2, 0.25) is 0 Å². The molecule has 0 fully saturated rings. The summed E-state index contributed by atoms with van der Waals surface area (Å²) in [6, 6.07) is 23.1. The van der Waals surface area contributed by atoms with Crippen molar-refractivity contribution in [2.24, 2.45) is 10.2 Å². The van der Waals surface area contributed by atoms with Gasteiger partial charge in [-0.15, -0.1) is 0 Å². The van der Waals surface area contributed by atoms with Gasteiger partial charge >= 0.3 is 11.4 Å². The van der Waals surface area contributed by atoms with Crippen molar-refractivity contribution in [2.45, 2.75) is 0 Å². The number of nitrogens with zero attached hydrogens (tertiary/aromatic N) is 4. The fourth-order valence-electron chi connectivity index (χ4n) is 3.66. The Morgan fingerprint density at radius 3 is 1.26 bits per heavy atom. The highest BCUT2D eigenvalue weighted by molar-refractivity contribution is 6.53. The highest BCUT2D eigenvalue weighted by Crippen LogP contribution is 2.27. The lowest BCUT2D eigenvalue weighted by molar-refractivity contribution is -0.386. The summed E-state index contributed by atoms with van der Waals surface area (Å²) < 4.78 is 0. The quantitative estimate of drug-likeness (QED) is 0.132. The van der Waals surface area contributed by atoms with E-state index < -0.39 is 44.5 Å². The number of nitro benzene ring substituents is 2. The van der Waals surface area contributed by atoms with E-state index in [0.717, 1.165) is 24.3 Å². The molecular weight excluding hydrogens is 548 g/mol. The fourth-order valence-corrected chi connectivity index (χ4v) is 3.66. The van der Waals surface area contributed by atoms with Crippen LogP contribution in [0, 0.1) is 20.2 Å². The molecule has 0 aromatic heterocycles. The average Bonchev–Trinajstić information content (AvgIpc) is 2.99. The lowest BCUT2D eigenvalue weighted by Crippen LogP contribution is -2.28. The third kappa shape index (κ3) is 6.58. The zero-order chi connectivity index (χ0) is 30.2.